The summed E-state index contributed by atoms with van der Waals surface area (Å²) in [6, 6.07) is 13.4. The summed E-state index contributed by atoms with van der Waals surface area (Å²) in [7, 11) is 0. The zero-order chi connectivity index (χ0) is 24.5. The van der Waals surface area contributed by atoms with Gasteiger partial charge in [0.05, 0.1) is 23.6 Å². The summed E-state index contributed by atoms with van der Waals surface area (Å²) in [6.07, 6.45) is 1.51. The number of ether oxygens (including phenoxy) is 2. The molecule has 7 nitrogen and oxygen atoms in total. The van der Waals surface area contributed by atoms with Gasteiger partial charge in [-0.1, -0.05) is 35.5 Å². The van der Waals surface area contributed by atoms with Crippen LogP contribution in [0.25, 0.3) is 0 Å². The lowest BCUT2D eigenvalue weighted by Gasteiger charge is -2.14. The minimum atomic E-state index is -0.266. The number of benzene rings is 2. The van der Waals surface area contributed by atoms with E-state index in [1.165, 1.54) is 18.0 Å². The van der Waals surface area contributed by atoms with Gasteiger partial charge in [-0.3, -0.25) is 4.79 Å². The Labute approximate surface area is 221 Å². The minimum absolute atomic E-state index is 0.149. The molecule has 0 saturated heterocycles. The maximum Gasteiger partial charge on any atom is 0.250 e. The van der Waals surface area contributed by atoms with Crippen LogP contribution in [0.2, 0.25) is 5.02 Å². The maximum absolute atomic E-state index is 12.1. The van der Waals surface area contributed by atoms with Crippen LogP contribution in [0, 0.1) is 17.4 Å². The fraction of sp³-hybridized carbons (Fsp3) is 0.250. The molecule has 178 valence electrons. The predicted octanol–water partition coefficient (Wildman–Crippen LogP) is 5.57. The fourth-order valence-corrected chi connectivity index (χ4v) is 4.28. The van der Waals surface area contributed by atoms with E-state index in [2.05, 4.69) is 43.1 Å². The van der Waals surface area contributed by atoms with Gasteiger partial charge in [-0.25, -0.2) is 15.4 Å². The van der Waals surface area contributed by atoms with Gasteiger partial charge in [0.2, 0.25) is 0 Å². The van der Waals surface area contributed by atoms with E-state index in [1.807, 2.05) is 51.1 Å². The van der Waals surface area contributed by atoms with Gasteiger partial charge in [0.1, 0.15) is 6.61 Å². The molecule has 2 aromatic carbocycles. The van der Waals surface area contributed by atoms with Crippen molar-refractivity contribution in [3.05, 3.63) is 73.6 Å². The average molecular weight is 611 g/mol. The number of nitrogens with one attached hydrogen (secondary N) is 1. The van der Waals surface area contributed by atoms with Crippen LogP contribution in [0.1, 0.15) is 29.4 Å². The van der Waals surface area contributed by atoms with Crippen LogP contribution < -0.4 is 14.9 Å². The first-order valence-electron chi connectivity index (χ1n) is 10.4. The molecule has 0 aliphatic rings. The molecule has 0 fully saturated rings. The first-order chi connectivity index (χ1) is 16.3. The van der Waals surface area contributed by atoms with E-state index < -0.39 is 0 Å². The number of thioether (sulfide) groups is 1. The Bertz CT molecular complexity index is 1160. The summed E-state index contributed by atoms with van der Waals surface area (Å²) in [5, 5.41) is 4.98. The van der Waals surface area contributed by atoms with Crippen molar-refractivity contribution in [1.82, 2.24) is 15.4 Å². The summed E-state index contributed by atoms with van der Waals surface area (Å²) in [5.74, 6) is 0.859. The summed E-state index contributed by atoms with van der Waals surface area (Å²) in [6.45, 7) is 6.48. The normalized spacial score (nSPS) is 11.0. The molecule has 1 amide bonds. The monoisotopic (exact) mass is 610 g/mol. The average Bonchev–Trinajstić information content (AvgIpc) is 2.78. The summed E-state index contributed by atoms with van der Waals surface area (Å²) in [4.78, 5) is 20.8. The third-order valence-corrected chi connectivity index (χ3v) is 6.17. The molecule has 0 spiro atoms. The third-order valence-electron chi connectivity index (χ3n) is 4.33. The van der Waals surface area contributed by atoms with Crippen LogP contribution >= 0.6 is 46.0 Å². The van der Waals surface area contributed by atoms with Crippen molar-refractivity contribution in [2.75, 3.05) is 12.4 Å². The number of hydrogen-bond donors (Lipinski definition) is 1. The van der Waals surface area contributed by atoms with Gasteiger partial charge in [-0.15, -0.1) is 0 Å². The predicted molar refractivity (Wildman–Crippen MR) is 144 cm³/mol. The molecule has 1 aromatic heterocycles. The van der Waals surface area contributed by atoms with Crippen LogP contribution in [0.5, 0.6) is 11.5 Å². The molecule has 0 unspecified atom stereocenters. The quantitative estimate of drug-likeness (QED) is 0.106. The Morgan fingerprint density at radius 2 is 1.85 bits per heavy atom. The number of nitrogens with zero attached hydrogens (tertiary/aromatic N) is 3. The smallest absolute Gasteiger partial charge is 0.250 e. The zero-order valence-electron chi connectivity index (χ0n) is 19.0. The number of hydrazone groups is 1. The SMILES string of the molecule is CCOc1cc(/C=N\NC(=O)CSc2nc(C)cc(C)n2)cc(Cl)c1OCc1ccc(I)cc1. The van der Waals surface area contributed by atoms with Crippen LogP contribution in [0.3, 0.4) is 0 Å². The number of aromatic nitrogens is 2. The molecular weight excluding hydrogens is 587 g/mol. The molecule has 0 aliphatic heterocycles. The number of hydrogen-bond acceptors (Lipinski definition) is 7. The maximum atomic E-state index is 12.1. The Hall–Kier alpha value is -2.37. The molecule has 10 heteroatoms. The number of aryl methyl sites for hydroxylation is 2. The molecule has 0 radical (unpaired) electrons. The van der Waals surface area contributed by atoms with E-state index in [9.17, 15) is 4.79 Å². The molecule has 0 atom stereocenters. The highest BCUT2D eigenvalue weighted by Crippen LogP contribution is 2.37. The molecule has 0 bridgehead atoms. The largest absolute Gasteiger partial charge is 0.490 e. The van der Waals surface area contributed by atoms with E-state index in [-0.39, 0.29) is 11.7 Å². The highest BCUT2D eigenvalue weighted by molar-refractivity contribution is 14.1. The van der Waals surface area contributed by atoms with Gasteiger partial charge in [-0.2, -0.15) is 5.10 Å². The second kappa shape index (κ2) is 12.9. The number of carbonyl (C=O) groups is 1. The first-order valence-corrected chi connectivity index (χ1v) is 12.9. The molecule has 1 N–H and O–H groups in total. The van der Waals surface area contributed by atoms with Crippen molar-refractivity contribution in [2.45, 2.75) is 32.5 Å². The fourth-order valence-electron chi connectivity index (χ4n) is 2.90. The molecule has 1 heterocycles. The minimum Gasteiger partial charge on any atom is -0.490 e. The standard InChI is InChI=1S/C24H24ClIN4O3S/c1-4-32-21-11-18(10-20(25)23(21)33-13-17-5-7-19(26)8-6-17)12-27-30-22(31)14-34-24-28-15(2)9-16(3)29-24/h5-12H,4,13-14H2,1-3H3,(H,30,31)/b27-12-. The van der Waals surface area contributed by atoms with Crippen LogP contribution in [0.15, 0.2) is 52.7 Å². The van der Waals surface area contributed by atoms with Crippen molar-refractivity contribution >= 4 is 58.1 Å². The van der Waals surface area contributed by atoms with Gasteiger partial charge in [0.25, 0.3) is 5.91 Å². The zero-order valence-corrected chi connectivity index (χ0v) is 22.7. The van der Waals surface area contributed by atoms with Crippen molar-refractivity contribution in [1.29, 1.82) is 0 Å². The number of halogens is 2. The van der Waals surface area contributed by atoms with Gasteiger partial charge in [0.15, 0.2) is 16.7 Å². The molecular formula is C24H24ClIN4O3S. The summed E-state index contributed by atoms with van der Waals surface area (Å²) < 4.78 is 12.8. The van der Waals surface area contributed by atoms with Crippen LogP contribution in [0.4, 0.5) is 0 Å². The second-order valence-corrected chi connectivity index (χ2v) is 9.79. The van der Waals surface area contributed by atoms with Gasteiger partial charge < -0.3 is 9.47 Å². The lowest BCUT2D eigenvalue weighted by atomic mass is 10.2. The van der Waals surface area contributed by atoms with Crippen molar-refractivity contribution in [2.24, 2.45) is 5.10 Å². The molecule has 0 aliphatic carbocycles. The van der Waals surface area contributed by atoms with E-state index in [0.717, 1.165) is 20.5 Å². The van der Waals surface area contributed by atoms with Gasteiger partial charge >= 0.3 is 0 Å². The van der Waals surface area contributed by atoms with Gasteiger partial charge in [0, 0.05) is 15.0 Å². The van der Waals surface area contributed by atoms with Crippen LogP contribution in [-0.2, 0) is 11.4 Å². The third kappa shape index (κ3) is 8.14. The number of rotatable bonds is 10. The lowest BCUT2D eigenvalue weighted by Crippen LogP contribution is -2.19. The Kier molecular flexibility index (Phi) is 9.97. The van der Waals surface area contributed by atoms with Crippen molar-refractivity contribution in [3.63, 3.8) is 0 Å². The first kappa shape index (κ1) is 26.2. The van der Waals surface area contributed by atoms with E-state index in [1.54, 1.807) is 12.1 Å². The van der Waals surface area contributed by atoms with Crippen molar-refractivity contribution in [3.8, 4) is 11.5 Å². The lowest BCUT2D eigenvalue weighted by molar-refractivity contribution is -0.118. The Morgan fingerprint density at radius 3 is 2.53 bits per heavy atom. The molecule has 3 aromatic rings. The molecule has 34 heavy (non-hydrogen) atoms. The number of amides is 1. The summed E-state index contributed by atoms with van der Waals surface area (Å²) >= 11 is 9.99. The highest BCUT2D eigenvalue weighted by Gasteiger charge is 2.13. The summed E-state index contributed by atoms with van der Waals surface area (Å²) in [5.41, 5.74) is 5.92. The molecule has 0 saturated carbocycles. The van der Waals surface area contributed by atoms with E-state index in [4.69, 9.17) is 21.1 Å². The Balaban J connectivity index is 1.61. The van der Waals surface area contributed by atoms with Crippen LogP contribution in [-0.4, -0.2) is 34.4 Å². The second-order valence-electron chi connectivity index (χ2n) is 7.19. The van der Waals surface area contributed by atoms with Crippen molar-refractivity contribution < 1.29 is 14.3 Å². The van der Waals surface area contributed by atoms with E-state index >= 15 is 0 Å². The van der Waals surface area contributed by atoms with E-state index in [0.29, 0.717) is 40.5 Å². The topological polar surface area (TPSA) is 85.7 Å². The highest BCUT2D eigenvalue weighted by atomic mass is 127. The Morgan fingerprint density at radius 1 is 1.15 bits per heavy atom. The number of carbonyl (C=O) groups excluding carboxylic acids is 1. The molecule has 3 rings (SSSR count). The van der Waals surface area contributed by atoms with Gasteiger partial charge in [-0.05, 0) is 84.8 Å².